The Balaban J connectivity index is 1.98. The largest absolute Gasteiger partial charge is 0.497 e. The Bertz CT molecular complexity index is 857. The van der Waals surface area contributed by atoms with Crippen molar-refractivity contribution in [1.29, 1.82) is 0 Å². The quantitative estimate of drug-likeness (QED) is 0.652. The molecule has 0 radical (unpaired) electrons. The monoisotopic (exact) mass is 372 g/mol. The highest BCUT2D eigenvalue weighted by Crippen LogP contribution is 2.49. The second-order valence-electron chi connectivity index (χ2n) is 6.13. The number of methoxy groups -OCH3 is 1. The van der Waals surface area contributed by atoms with Gasteiger partial charge in [0.15, 0.2) is 11.5 Å². The molecule has 2 atom stereocenters. The van der Waals surface area contributed by atoms with Crippen molar-refractivity contribution >= 4 is 11.9 Å². The predicted octanol–water partition coefficient (Wildman–Crippen LogP) is 2.76. The third-order valence-corrected chi connectivity index (χ3v) is 4.26. The third-order valence-electron chi connectivity index (χ3n) is 4.26. The van der Waals surface area contributed by atoms with Gasteiger partial charge in [-0.2, -0.15) is 0 Å². The third kappa shape index (κ3) is 3.88. The van der Waals surface area contributed by atoms with Crippen molar-refractivity contribution in [3.05, 3.63) is 47.5 Å². The van der Waals surface area contributed by atoms with Crippen molar-refractivity contribution in [2.45, 2.75) is 25.9 Å². The van der Waals surface area contributed by atoms with Crippen LogP contribution in [-0.2, 0) is 9.59 Å². The molecule has 1 N–H and O–H groups in total. The van der Waals surface area contributed by atoms with Gasteiger partial charge in [-0.1, -0.05) is 12.1 Å². The molecule has 1 aliphatic heterocycles. The Kier molecular flexibility index (Phi) is 5.32. The Hall–Kier alpha value is -3.06. The number of hydrogen-bond acceptors (Lipinski definition) is 7. The summed E-state index contributed by atoms with van der Waals surface area (Å²) in [6.07, 6.45) is -0.886. The van der Waals surface area contributed by atoms with E-state index in [-0.39, 0.29) is 29.8 Å². The molecule has 2 unspecified atom stereocenters. The van der Waals surface area contributed by atoms with Crippen molar-refractivity contribution in [3.8, 4) is 23.0 Å². The van der Waals surface area contributed by atoms with E-state index in [0.717, 1.165) is 5.56 Å². The van der Waals surface area contributed by atoms with Crippen LogP contribution in [-0.4, -0.2) is 30.8 Å². The molecule has 142 valence electrons. The number of rotatable bonds is 4. The molecule has 3 rings (SSSR count). The van der Waals surface area contributed by atoms with Gasteiger partial charge in [0, 0.05) is 25.3 Å². The van der Waals surface area contributed by atoms with Gasteiger partial charge in [0.1, 0.15) is 5.75 Å². The van der Waals surface area contributed by atoms with E-state index in [4.69, 9.17) is 18.9 Å². The highest BCUT2D eigenvalue weighted by Gasteiger charge is 2.34. The molecular formula is C20H20O7. The minimum atomic E-state index is -0.886. The van der Waals surface area contributed by atoms with E-state index in [1.165, 1.54) is 19.9 Å². The molecule has 7 nitrogen and oxygen atoms in total. The first-order valence-electron chi connectivity index (χ1n) is 8.39. The number of carbonyl (C=O) groups excluding carboxylic acids is 2. The Morgan fingerprint density at radius 3 is 2.30 bits per heavy atom. The number of aliphatic hydroxyl groups excluding tert-OH is 1. The number of fused-ring (bicyclic) bond motifs is 1. The van der Waals surface area contributed by atoms with Gasteiger partial charge in [0.2, 0.25) is 5.75 Å². The molecular weight excluding hydrogens is 352 g/mol. The SMILES string of the molecule is COc1ccc(C2COc3c(ccc(OC(C)=O)c3OC(C)=O)C2O)cc1. The number of carbonyl (C=O) groups is 2. The number of hydrogen-bond donors (Lipinski definition) is 1. The molecule has 7 heteroatoms. The molecule has 0 fully saturated rings. The van der Waals surface area contributed by atoms with E-state index in [0.29, 0.717) is 11.3 Å². The summed E-state index contributed by atoms with van der Waals surface area (Å²) in [5, 5.41) is 10.9. The summed E-state index contributed by atoms with van der Waals surface area (Å²) in [5.41, 5.74) is 1.33. The van der Waals surface area contributed by atoms with Crippen LogP contribution in [0.2, 0.25) is 0 Å². The van der Waals surface area contributed by atoms with Gasteiger partial charge < -0.3 is 24.1 Å². The minimum absolute atomic E-state index is 0.0116. The summed E-state index contributed by atoms with van der Waals surface area (Å²) in [6.45, 7) is 2.64. The first kappa shape index (κ1) is 18.7. The van der Waals surface area contributed by atoms with Crippen LogP contribution in [0.25, 0.3) is 0 Å². The van der Waals surface area contributed by atoms with E-state index < -0.39 is 18.0 Å². The van der Waals surface area contributed by atoms with Crippen LogP contribution < -0.4 is 18.9 Å². The van der Waals surface area contributed by atoms with Crippen LogP contribution in [0, 0.1) is 0 Å². The van der Waals surface area contributed by atoms with Crippen LogP contribution in [0.4, 0.5) is 0 Å². The van der Waals surface area contributed by atoms with Crippen LogP contribution >= 0.6 is 0 Å². The zero-order valence-corrected chi connectivity index (χ0v) is 15.2. The first-order chi connectivity index (χ1) is 12.9. The summed E-state index contributed by atoms with van der Waals surface area (Å²) in [6, 6.07) is 10.4. The molecule has 0 amide bonds. The predicted molar refractivity (Wildman–Crippen MR) is 95.2 cm³/mol. The van der Waals surface area contributed by atoms with Gasteiger partial charge in [0.25, 0.3) is 0 Å². The Morgan fingerprint density at radius 2 is 1.70 bits per heavy atom. The molecule has 1 aliphatic rings. The fourth-order valence-corrected chi connectivity index (χ4v) is 3.03. The lowest BCUT2D eigenvalue weighted by Gasteiger charge is -2.32. The fourth-order valence-electron chi connectivity index (χ4n) is 3.03. The molecule has 27 heavy (non-hydrogen) atoms. The summed E-state index contributed by atoms with van der Waals surface area (Å²) in [5.74, 6) is -0.500. The summed E-state index contributed by atoms with van der Waals surface area (Å²) >= 11 is 0. The van der Waals surface area contributed by atoms with Gasteiger partial charge >= 0.3 is 11.9 Å². The molecule has 2 aromatic rings. The molecule has 0 spiro atoms. The fraction of sp³-hybridized carbons (Fsp3) is 0.300. The number of aliphatic hydroxyl groups is 1. The van der Waals surface area contributed by atoms with Crippen molar-refractivity contribution in [1.82, 2.24) is 0 Å². The van der Waals surface area contributed by atoms with Gasteiger partial charge in [-0.05, 0) is 29.8 Å². The van der Waals surface area contributed by atoms with Gasteiger partial charge in [0.05, 0.1) is 19.8 Å². The maximum Gasteiger partial charge on any atom is 0.308 e. The topological polar surface area (TPSA) is 91.3 Å². The molecule has 0 aliphatic carbocycles. The molecule has 0 aromatic heterocycles. The summed E-state index contributed by atoms with van der Waals surface area (Å²) in [7, 11) is 1.58. The van der Waals surface area contributed by atoms with Gasteiger partial charge in [-0.25, -0.2) is 0 Å². The number of benzene rings is 2. The first-order valence-corrected chi connectivity index (χ1v) is 8.39. The zero-order chi connectivity index (χ0) is 19.6. The maximum absolute atomic E-state index is 11.5. The van der Waals surface area contributed by atoms with Crippen molar-refractivity contribution in [3.63, 3.8) is 0 Å². The molecule has 0 bridgehead atoms. The van der Waals surface area contributed by atoms with Gasteiger partial charge in [-0.3, -0.25) is 9.59 Å². The van der Waals surface area contributed by atoms with Crippen LogP contribution in [0.5, 0.6) is 23.0 Å². The standard InChI is InChI=1S/C20H20O7/c1-11(21)26-17-9-8-15-18(23)16(13-4-6-14(24-3)7-5-13)10-25-19(15)20(17)27-12(2)22/h4-9,16,18,23H,10H2,1-3H3. The minimum Gasteiger partial charge on any atom is -0.497 e. The van der Waals surface area contributed by atoms with E-state index in [9.17, 15) is 14.7 Å². The van der Waals surface area contributed by atoms with Crippen molar-refractivity contribution in [2.24, 2.45) is 0 Å². The van der Waals surface area contributed by atoms with Crippen LogP contribution in [0.3, 0.4) is 0 Å². The number of ether oxygens (including phenoxy) is 4. The summed E-state index contributed by atoms with van der Waals surface area (Å²) in [4.78, 5) is 22.8. The maximum atomic E-state index is 11.5. The average Bonchev–Trinajstić information content (AvgIpc) is 2.63. The van der Waals surface area contributed by atoms with Crippen LogP contribution in [0.1, 0.15) is 37.0 Å². The number of esters is 2. The zero-order valence-electron chi connectivity index (χ0n) is 15.2. The van der Waals surface area contributed by atoms with Crippen molar-refractivity contribution < 1.29 is 33.6 Å². The summed E-state index contributed by atoms with van der Waals surface area (Å²) < 4.78 is 21.3. The molecule has 1 heterocycles. The van der Waals surface area contributed by atoms with E-state index in [1.54, 1.807) is 13.2 Å². The second kappa shape index (κ2) is 7.67. The Labute approximate surface area is 156 Å². The molecule has 0 saturated carbocycles. The van der Waals surface area contributed by atoms with E-state index in [2.05, 4.69) is 0 Å². The average molecular weight is 372 g/mol. The van der Waals surface area contributed by atoms with Gasteiger partial charge in [-0.15, -0.1) is 0 Å². The highest BCUT2D eigenvalue weighted by atomic mass is 16.6. The van der Waals surface area contributed by atoms with E-state index in [1.807, 2.05) is 24.3 Å². The smallest absolute Gasteiger partial charge is 0.308 e. The van der Waals surface area contributed by atoms with E-state index >= 15 is 0 Å². The lowest BCUT2D eigenvalue weighted by atomic mass is 9.87. The highest BCUT2D eigenvalue weighted by molar-refractivity contribution is 5.76. The van der Waals surface area contributed by atoms with Crippen LogP contribution in [0.15, 0.2) is 36.4 Å². The lowest BCUT2D eigenvalue weighted by Crippen LogP contribution is -2.25. The Morgan fingerprint density at radius 1 is 1.04 bits per heavy atom. The molecule has 0 saturated heterocycles. The second-order valence-corrected chi connectivity index (χ2v) is 6.13. The van der Waals surface area contributed by atoms with Crippen molar-refractivity contribution in [2.75, 3.05) is 13.7 Å². The molecule has 2 aromatic carbocycles. The normalized spacial score (nSPS) is 18.1. The lowest BCUT2D eigenvalue weighted by molar-refractivity contribution is -0.134.